The molecule has 0 aromatic carbocycles. The van der Waals surface area contributed by atoms with Gasteiger partial charge in [0.15, 0.2) is 0 Å². The van der Waals surface area contributed by atoms with E-state index in [2.05, 4.69) is 12.1 Å². The third kappa shape index (κ3) is 5.81. The van der Waals surface area contributed by atoms with E-state index in [1.165, 1.54) is 51.4 Å². The lowest BCUT2D eigenvalue weighted by Crippen LogP contribution is -2.17. The summed E-state index contributed by atoms with van der Waals surface area (Å²) in [6.45, 7) is -0.222. The smallest absolute Gasteiger partial charge is 0.0928 e. The summed E-state index contributed by atoms with van der Waals surface area (Å²) in [4.78, 5) is 0. The Labute approximate surface area is 129 Å². The van der Waals surface area contributed by atoms with Crippen molar-refractivity contribution in [2.75, 3.05) is 6.67 Å². The molecule has 21 heavy (non-hydrogen) atoms. The van der Waals surface area contributed by atoms with E-state index < -0.39 is 0 Å². The average molecular weight is 291 g/mol. The van der Waals surface area contributed by atoms with Gasteiger partial charge in [-0.2, -0.15) is 5.26 Å². The van der Waals surface area contributed by atoms with Crippen molar-refractivity contribution < 1.29 is 4.39 Å². The summed E-state index contributed by atoms with van der Waals surface area (Å²) in [6, 6.07) is 2.43. The van der Waals surface area contributed by atoms with Gasteiger partial charge in [0.1, 0.15) is 0 Å². The maximum absolute atomic E-state index is 12.1. The Balaban J connectivity index is 1.58. The van der Waals surface area contributed by atoms with Gasteiger partial charge in [-0.3, -0.25) is 4.39 Å². The van der Waals surface area contributed by atoms with E-state index in [1.54, 1.807) is 0 Å². The van der Waals surface area contributed by atoms with E-state index in [1.807, 2.05) is 6.08 Å². The first kappa shape index (κ1) is 16.5. The summed E-state index contributed by atoms with van der Waals surface area (Å²) in [5.41, 5.74) is 0. The van der Waals surface area contributed by atoms with Gasteiger partial charge in [0.05, 0.1) is 12.7 Å². The highest BCUT2D eigenvalue weighted by Crippen LogP contribution is 2.36. The lowest BCUT2D eigenvalue weighted by atomic mass is 9.76. The standard InChI is InChI=1S/C19H30FN/c20-14-2-1-3-16-4-6-17(7-5-16)8-9-18-10-12-19(15-21)13-11-18/h1,3,16-19H,2,4-14H2/b3-1+. The zero-order valence-corrected chi connectivity index (χ0v) is 13.3. The Morgan fingerprint density at radius 2 is 1.48 bits per heavy atom. The molecule has 2 aliphatic rings. The Kier molecular flexibility index (Phi) is 7.27. The maximum atomic E-state index is 12.1. The summed E-state index contributed by atoms with van der Waals surface area (Å²) in [7, 11) is 0. The van der Waals surface area contributed by atoms with Crippen LogP contribution in [0.4, 0.5) is 4.39 Å². The van der Waals surface area contributed by atoms with Gasteiger partial charge in [0, 0.05) is 5.92 Å². The van der Waals surface area contributed by atoms with Crippen LogP contribution < -0.4 is 0 Å². The fraction of sp³-hybridized carbons (Fsp3) is 0.842. The zero-order valence-electron chi connectivity index (χ0n) is 13.3. The number of hydrogen-bond acceptors (Lipinski definition) is 1. The van der Waals surface area contributed by atoms with Crippen molar-refractivity contribution in [2.45, 2.75) is 70.6 Å². The first-order chi connectivity index (χ1) is 10.3. The third-order valence-corrected chi connectivity index (χ3v) is 5.59. The fourth-order valence-electron chi connectivity index (χ4n) is 4.07. The van der Waals surface area contributed by atoms with Crippen LogP contribution in [0, 0.1) is 35.0 Å². The van der Waals surface area contributed by atoms with Crippen LogP contribution in [-0.2, 0) is 0 Å². The molecule has 118 valence electrons. The molecular weight excluding hydrogens is 261 g/mol. The molecular formula is C19H30FN. The van der Waals surface area contributed by atoms with Crippen molar-refractivity contribution in [3.63, 3.8) is 0 Å². The van der Waals surface area contributed by atoms with Crippen molar-refractivity contribution >= 4 is 0 Å². The molecule has 0 unspecified atom stereocenters. The molecule has 0 N–H and O–H groups in total. The minimum absolute atomic E-state index is 0.222. The Hall–Kier alpha value is -0.840. The highest BCUT2D eigenvalue weighted by Gasteiger charge is 2.23. The quantitative estimate of drug-likeness (QED) is 0.566. The molecule has 1 nitrogen and oxygen atoms in total. The number of rotatable bonds is 6. The summed E-state index contributed by atoms with van der Waals surface area (Å²) in [6.07, 6.45) is 17.8. The van der Waals surface area contributed by atoms with Gasteiger partial charge in [-0.1, -0.05) is 25.0 Å². The predicted molar refractivity (Wildman–Crippen MR) is 85.5 cm³/mol. The van der Waals surface area contributed by atoms with Crippen molar-refractivity contribution in [2.24, 2.45) is 23.7 Å². The summed E-state index contributed by atoms with van der Waals surface area (Å²) in [5.74, 6) is 2.85. The molecule has 0 saturated heterocycles. The van der Waals surface area contributed by atoms with E-state index in [0.717, 1.165) is 24.7 Å². The fourth-order valence-corrected chi connectivity index (χ4v) is 4.07. The van der Waals surface area contributed by atoms with Gasteiger partial charge < -0.3 is 0 Å². The summed E-state index contributed by atoms with van der Waals surface area (Å²) < 4.78 is 12.1. The van der Waals surface area contributed by atoms with Gasteiger partial charge in [-0.15, -0.1) is 0 Å². The van der Waals surface area contributed by atoms with Gasteiger partial charge in [0.25, 0.3) is 0 Å². The van der Waals surface area contributed by atoms with Gasteiger partial charge >= 0.3 is 0 Å². The largest absolute Gasteiger partial charge is 0.251 e. The predicted octanol–water partition coefficient (Wildman–Crippen LogP) is 5.82. The van der Waals surface area contributed by atoms with Crippen LogP contribution in [0.15, 0.2) is 12.2 Å². The van der Waals surface area contributed by atoms with Gasteiger partial charge in [-0.25, -0.2) is 0 Å². The molecule has 2 saturated carbocycles. The molecule has 0 heterocycles. The Morgan fingerprint density at radius 3 is 2.00 bits per heavy atom. The summed E-state index contributed by atoms with van der Waals surface area (Å²) >= 11 is 0. The van der Waals surface area contributed by atoms with Crippen LogP contribution in [0.25, 0.3) is 0 Å². The second-order valence-corrected chi connectivity index (χ2v) is 7.11. The van der Waals surface area contributed by atoms with Gasteiger partial charge in [0.2, 0.25) is 0 Å². The van der Waals surface area contributed by atoms with Crippen molar-refractivity contribution in [3.8, 4) is 6.07 Å². The SMILES string of the molecule is N#CC1CCC(CCC2CCC(/C=C/CCF)CC2)CC1. The molecule has 0 aromatic heterocycles. The van der Waals surface area contributed by atoms with E-state index in [-0.39, 0.29) is 6.67 Å². The van der Waals surface area contributed by atoms with Crippen LogP contribution in [0.5, 0.6) is 0 Å². The second kappa shape index (κ2) is 9.23. The van der Waals surface area contributed by atoms with Crippen LogP contribution in [0.3, 0.4) is 0 Å². The van der Waals surface area contributed by atoms with E-state index in [4.69, 9.17) is 5.26 Å². The second-order valence-electron chi connectivity index (χ2n) is 7.11. The number of halogens is 1. The molecule has 0 aromatic rings. The van der Waals surface area contributed by atoms with Crippen LogP contribution in [0.2, 0.25) is 0 Å². The minimum Gasteiger partial charge on any atom is -0.251 e. The van der Waals surface area contributed by atoms with Crippen molar-refractivity contribution in [1.82, 2.24) is 0 Å². The van der Waals surface area contributed by atoms with E-state index in [9.17, 15) is 4.39 Å². The first-order valence-electron chi connectivity index (χ1n) is 8.94. The van der Waals surface area contributed by atoms with Crippen LogP contribution in [0.1, 0.15) is 70.6 Å². The molecule has 0 radical (unpaired) electrons. The number of hydrogen-bond donors (Lipinski definition) is 0. The monoisotopic (exact) mass is 291 g/mol. The number of allylic oxidation sites excluding steroid dienone is 2. The molecule has 0 bridgehead atoms. The molecule has 2 fully saturated rings. The maximum Gasteiger partial charge on any atom is 0.0928 e. The first-order valence-corrected chi connectivity index (χ1v) is 8.94. The van der Waals surface area contributed by atoms with Crippen molar-refractivity contribution in [1.29, 1.82) is 5.26 Å². The molecule has 0 amide bonds. The average Bonchev–Trinajstić information content (AvgIpc) is 2.55. The van der Waals surface area contributed by atoms with E-state index >= 15 is 0 Å². The van der Waals surface area contributed by atoms with E-state index in [0.29, 0.717) is 18.3 Å². The normalized spacial score (nSPS) is 33.9. The molecule has 0 aliphatic heterocycles. The molecule has 0 spiro atoms. The molecule has 2 rings (SSSR count). The Bertz CT molecular complexity index is 341. The zero-order chi connectivity index (χ0) is 14.9. The molecule has 2 aliphatic carbocycles. The van der Waals surface area contributed by atoms with Crippen LogP contribution >= 0.6 is 0 Å². The Morgan fingerprint density at radius 1 is 0.905 bits per heavy atom. The number of nitriles is 1. The molecule has 0 atom stereocenters. The topological polar surface area (TPSA) is 23.8 Å². The number of nitrogens with zero attached hydrogens (tertiary/aromatic N) is 1. The highest BCUT2D eigenvalue weighted by atomic mass is 19.1. The number of alkyl halides is 1. The lowest BCUT2D eigenvalue weighted by molar-refractivity contribution is 0.242. The van der Waals surface area contributed by atoms with Crippen molar-refractivity contribution in [3.05, 3.63) is 12.2 Å². The lowest BCUT2D eigenvalue weighted by Gasteiger charge is -2.30. The third-order valence-electron chi connectivity index (χ3n) is 5.59. The van der Waals surface area contributed by atoms with Crippen LogP contribution in [-0.4, -0.2) is 6.67 Å². The molecule has 2 heteroatoms. The van der Waals surface area contributed by atoms with Gasteiger partial charge in [-0.05, 0) is 75.5 Å². The summed E-state index contributed by atoms with van der Waals surface area (Å²) in [5, 5.41) is 8.94. The highest BCUT2D eigenvalue weighted by molar-refractivity contribution is 4.91. The minimum atomic E-state index is -0.222.